The molecule has 0 aliphatic heterocycles. The molecule has 4 rings (SSSR count). The molecule has 37 heavy (non-hydrogen) atoms. The van der Waals surface area contributed by atoms with Gasteiger partial charge < -0.3 is 29.5 Å². The van der Waals surface area contributed by atoms with Gasteiger partial charge in [-0.1, -0.05) is 6.07 Å². The number of pyridine rings is 1. The van der Waals surface area contributed by atoms with E-state index in [1.165, 1.54) is 25.6 Å². The minimum absolute atomic E-state index is 0.0431. The molecule has 0 saturated carbocycles. The number of amides is 1. The highest BCUT2D eigenvalue weighted by atomic mass is 19.1. The molecular weight excluding hydrogens is 481 g/mol. The lowest BCUT2D eigenvalue weighted by Crippen LogP contribution is -2.16. The van der Waals surface area contributed by atoms with E-state index in [1.807, 2.05) is 25.1 Å². The number of hydrogen-bond acceptors (Lipinski definition) is 9. The molecule has 0 saturated heterocycles. The zero-order chi connectivity index (χ0) is 26.4. The van der Waals surface area contributed by atoms with Gasteiger partial charge >= 0.3 is 0 Å². The van der Waals surface area contributed by atoms with Crippen molar-refractivity contribution in [2.45, 2.75) is 6.42 Å². The SMILES string of the molecule is COc1cc2c(Oc3ccc(CC(=O)Nc4ccc(N(C)C)cn4)cc3F)ncnc2cc1OCCO. The number of fused-ring (bicyclic) bond motifs is 1. The van der Waals surface area contributed by atoms with E-state index < -0.39 is 5.82 Å². The average molecular weight is 508 g/mol. The molecule has 2 N–H and O–H groups in total. The fourth-order valence-electron chi connectivity index (χ4n) is 3.49. The first-order chi connectivity index (χ1) is 17.9. The fourth-order valence-corrected chi connectivity index (χ4v) is 3.49. The molecule has 0 fully saturated rings. The van der Waals surface area contributed by atoms with Crippen LogP contribution in [0.1, 0.15) is 5.56 Å². The third kappa shape index (κ3) is 6.19. The van der Waals surface area contributed by atoms with Gasteiger partial charge in [-0.2, -0.15) is 0 Å². The molecule has 2 aromatic heterocycles. The van der Waals surface area contributed by atoms with Crippen molar-refractivity contribution in [3.63, 3.8) is 0 Å². The Bertz CT molecular complexity index is 1400. The smallest absolute Gasteiger partial charge is 0.230 e. The summed E-state index contributed by atoms with van der Waals surface area (Å²) in [5.74, 6) is 0.261. The molecular formula is C26H26FN5O5. The number of anilines is 2. The number of aliphatic hydroxyl groups is 1. The number of carbonyl (C=O) groups is 1. The third-order valence-corrected chi connectivity index (χ3v) is 5.33. The number of benzene rings is 2. The maximum atomic E-state index is 14.9. The van der Waals surface area contributed by atoms with Crippen LogP contribution in [0.25, 0.3) is 10.9 Å². The first-order valence-corrected chi connectivity index (χ1v) is 11.3. The summed E-state index contributed by atoms with van der Waals surface area (Å²) < 4.78 is 31.5. The van der Waals surface area contributed by atoms with E-state index in [2.05, 4.69) is 20.3 Å². The lowest BCUT2D eigenvalue weighted by Gasteiger charge is -2.13. The summed E-state index contributed by atoms with van der Waals surface area (Å²) in [7, 11) is 5.26. The second kappa shape index (κ2) is 11.5. The van der Waals surface area contributed by atoms with Crippen LogP contribution in [0.4, 0.5) is 15.9 Å². The lowest BCUT2D eigenvalue weighted by molar-refractivity contribution is -0.115. The first kappa shape index (κ1) is 25.6. The number of hydrogen-bond donors (Lipinski definition) is 2. The largest absolute Gasteiger partial charge is 0.493 e. The second-order valence-corrected chi connectivity index (χ2v) is 8.16. The maximum absolute atomic E-state index is 14.9. The molecule has 2 aromatic carbocycles. The predicted octanol–water partition coefficient (Wildman–Crippen LogP) is 3.58. The molecule has 0 radical (unpaired) electrons. The van der Waals surface area contributed by atoms with Crippen molar-refractivity contribution in [2.75, 3.05) is 44.6 Å². The Balaban J connectivity index is 1.48. The summed E-state index contributed by atoms with van der Waals surface area (Å²) >= 11 is 0. The van der Waals surface area contributed by atoms with Gasteiger partial charge in [0.25, 0.3) is 0 Å². The van der Waals surface area contributed by atoms with Gasteiger partial charge in [0.15, 0.2) is 23.1 Å². The zero-order valence-electron chi connectivity index (χ0n) is 20.6. The van der Waals surface area contributed by atoms with E-state index in [-0.39, 0.29) is 37.2 Å². The molecule has 0 unspecified atom stereocenters. The van der Waals surface area contributed by atoms with E-state index >= 15 is 0 Å². The summed E-state index contributed by atoms with van der Waals surface area (Å²) in [6, 6.07) is 11.1. The van der Waals surface area contributed by atoms with Crippen molar-refractivity contribution < 1.29 is 28.5 Å². The summed E-state index contributed by atoms with van der Waals surface area (Å²) in [4.78, 5) is 26.9. The number of nitrogens with zero attached hydrogens (tertiary/aromatic N) is 4. The van der Waals surface area contributed by atoms with Crippen LogP contribution in [0.2, 0.25) is 0 Å². The van der Waals surface area contributed by atoms with Crippen molar-refractivity contribution >= 4 is 28.3 Å². The third-order valence-electron chi connectivity index (χ3n) is 5.33. The van der Waals surface area contributed by atoms with Crippen LogP contribution in [0, 0.1) is 5.82 Å². The minimum Gasteiger partial charge on any atom is -0.493 e. The molecule has 11 heteroatoms. The van der Waals surface area contributed by atoms with Crippen molar-refractivity contribution in [1.82, 2.24) is 15.0 Å². The van der Waals surface area contributed by atoms with Gasteiger partial charge in [0.1, 0.15) is 18.8 Å². The number of carbonyl (C=O) groups excluding carboxylic acids is 1. The summed E-state index contributed by atoms with van der Waals surface area (Å²) in [6.07, 6.45) is 2.89. The second-order valence-electron chi connectivity index (χ2n) is 8.16. The van der Waals surface area contributed by atoms with Crippen molar-refractivity contribution in [3.8, 4) is 23.1 Å². The van der Waals surface area contributed by atoms with Crippen LogP contribution in [0.5, 0.6) is 23.1 Å². The standard InChI is InChI=1S/C26H26FN5O5/c1-32(2)17-5-7-24(28-14-17)31-25(34)11-16-4-6-21(19(27)10-16)37-26-18-12-22(35-3)23(36-9-8-33)13-20(18)29-15-30-26/h4-7,10,12-15,33H,8-9,11H2,1-3H3,(H,28,31,34). The van der Waals surface area contributed by atoms with Crippen LogP contribution in [0.15, 0.2) is 55.0 Å². The van der Waals surface area contributed by atoms with E-state index in [0.717, 1.165) is 5.69 Å². The Morgan fingerprint density at radius 2 is 1.89 bits per heavy atom. The molecule has 10 nitrogen and oxygen atoms in total. The molecule has 0 aliphatic carbocycles. The molecule has 4 aromatic rings. The Labute approximate surface area is 212 Å². The fraction of sp³-hybridized carbons (Fsp3) is 0.231. The van der Waals surface area contributed by atoms with E-state index in [4.69, 9.17) is 19.3 Å². The van der Waals surface area contributed by atoms with Gasteiger partial charge in [0.05, 0.1) is 42.9 Å². The number of rotatable bonds is 10. The number of aliphatic hydroxyl groups excluding tert-OH is 1. The summed E-state index contributed by atoms with van der Waals surface area (Å²) in [5.41, 5.74) is 1.85. The number of halogens is 1. The molecule has 1 amide bonds. The number of ether oxygens (including phenoxy) is 3. The van der Waals surface area contributed by atoms with E-state index in [1.54, 1.807) is 30.5 Å². The zero-order valence-corrected chi connectivity index (χ0v) is 20.6. The number of aromatic nitrogens is 3. The van der Waals surface area contributed by atoms with Gasteiger partial charge in [-0.3, -0.25) is 4.79 Å². The first-order valence-electron chi connectivity index (χ1n) is 11.3. The van der Waals surface area contributed by atoms with Crippen LogP contribution < -0.4 is 24.4 Å². The normalized spacial score (nSPS) is 10.7. The Morgan fingerprint density at radius 1 is 1.05 bits per heavy atom. The van der Waals surface area contributed by atoms with E-state index in [9.17, 15) is 9.18 Å². The van der Waals surface area contributed by atoms with Crippen molar-refractivity contribution in [1.29, 1.82) is 0 Å². The minimum atomic E-state index is -0.652. The van der Waals surface area contributed by atoms with Crippen LogP contribution in [-0.2, 0) is 11.2 Å². The highest BCUT2D eigenvalue weighted by Crippen LogP contribution is 2.36. The molecule has 0 spiro atoms. The topological polar surface area (TPSA) is 119 Å². The Kier molecular flexibility index (Phi) is 7.94. The lowest BCUT2D eigenvalue weighted by atomic mass is 10.1. The Hall–Kier alpha value is -4.51. The summed E-state index contributed by atoms with van der Waals surface area (Å²) in [5, 5.41) is 12.2. The van der Waals surface area contributed by atoms with Gasteiger partial charge in [-0.15, -0.1) is 0 Å². The van der Waals surface area contributed by atoms with Crippen LogP contribution >= 0.6 is 0 Å². The highest BCUT2D eigenvalue weighted by molar-refractivity contribution is 5.91. The van der Waals surface area contributed by atoms with Crippen LogP contribution in [-0.4, -0.2) is 60.4 Å². The van der Waals surface area contributed by atoms with Gasteiger partial charge in [0.2, 0.25) is 11.8 Å². The monoisotopic (exact) mass is 507 g/mol. The molecule has 192 valence electrons. The maximum Gasteiger partial charge on any atom is 0.230 e. The molecule has 0 aliphatic rings. The van der Waals surface area contributed by atoms with Crippen molar-refractivity contribution in [2.24, 2.45) is 0 Å². The molecule has 0 bridgehead atoms. The number of nitrogens with one attached hydrogen (secondary N) is 1. The van der Waals surface area contributed by atoms with Gasteiger partial charge in [-0.05, 0) is 35.9 Å². The molecule has 2 heterocycles. The number of methoxy groups -OCH3 is 1. The van der Waals surface area contributed by atoms with Gasteiger partial charge in [-0.25, -0.2) is 19.3 Å². The molecule has 0 atom stereocenters. The van der Waals surface area contributed by atoms with Crippen LogP contribution in [0.3, 0.4) is 0 Å². The Morgan fingerprint density at radius 3 is 2.57 bits per heavy atom. The van der Waals surface area contributed by atoms with Crippen molar-refractivity contribution in [3.05, 3.63) is 66.4 Å². The highest BCUT2D eigenvalue weighted by Gasteiger charge is 2.15. The average Bonchev–Trinajstić information content (AvgIpc) is 2.88. The summed E-state index contributed by atoms with van der Waals surface area (Å²) in [6.45, 7) is -0.0673. The van der Waals surface area contributed by atoms with E-state index in [0.29, 0.717) is 33.8 Å². The predicted molar refractivity (Wildman–Crippen MR) is 136 cm³/mol. The quantitative estimate of drug-likeness (QED) is 0.332. The van der Waals surface area contributed by atoms with Gasteiger partial charge in [0, 0.05) is 20.2 Å².